The van der Waals surface area contributed by atoms with E-state index in [-0.39, 0.29) is 5.91 Å². The van der Waals surface area contributed by atoms with Gasteiger partial charge in [0.25, 0.3) is 0 Å². The molecule has 2 aromatic rings. The molecule has 0 saturated heterocycles. The van der Waals surface area contributed by atoms with Gasteiger partial charge in [-0.15, -0.1) is 11.8 Å². The van der Waals surface area contributed by atoms with Gasteiger partial charge in [0.2, 0.25) is 5.91 Å². The van der Waals surface area contributed by atoms with Crippen molar-refractivity contribution in [3.63, 3.8) is 0 Å². The summed E-state index contributed by atoms with van der Waals surface area (Å²) < 4.78 is 0. The fourth-order valence-corrected chi connectivity index (χ4v) is 4.90. The molecule has 4 nitrogen and oxygen atoms in total. The number of aromatic nitrogens is 2. The zero-order valence-electron chi connectivity index (χ0n) is 14.6. The second kappa shape index (κ2) is 8.72. The molecule has 1 aliphatic carbocycles. The van der Waals surface area contributed by atoms with Crippen LogP contribution in [0, 0.1) is 13.8 Å². The number of nitrogens with one attached hydrogen (secondary N) is 1. The number of thioether (sulfide) groups is 2. The van der Waals surface area contributed by atoms with Gasteiger partial charge in [0.15, 0.2) is 5.16 Å². The number of carbonyl (C=O) groups excluding carboxylic acids is 1. The van der Waals surface area contributed by atoms with Gasteiger partial charge in [0.05, 0.1) is 5.75 Å². The molecule has 1 aromatic carbocycles. The fourth-order valence-electron chi connectivity index (χ4n) is 2.90. The Morgan fingerprint density at radius 3 is 2.40 bits per heavy atom. The van der Waals surface area contributed by atoms with Crippen LogP contribution in [0.4, 0.5) is 5.69 Å². The van der Waals surface area contributed by atoms with Crippen molar-refractivity contribution >= 4 is 35.1 Å². The zero-order valence-corrected chi connectivity index (χ0v) is 16.3. The summed E-state index contributed by atoms with van der Waals surface area (Å²) in [7, 11) is 0. The topological polar surface area (TPSA) is 54.9 Å². The minimum atomic E-state index is -0.0380. The first kappa shape index (κ1) is 18.3. The number of nitrogens with zero attached hydrogens (tertiary/aromatic N) is 2. The van der Waals surface area contributed by atoms with E-state index in [0.29, 0.717) is 10.9 Å². The van der Waals surface area contributed by atoms with Gasteiger partial charge >= 0.3 is 0 Å². The van der Waals surface area contributed by atoms with Crippen LogP contribution in [-0.4, -0.2) is 26.9 Å². The van der Waals surface area contributed by atoms with Crippen LogP contribution in [0.5, 0.6) is 0 Å². The summed E-state index contributed by atoms with van der Waals surface area (Å²) in [6, 6.07) is 10.1. The SMILES string of the molecule is Cc1cc(C)nc(SCC(=O)Nc2ccc(SC3CCCC3)cc2)n1. The predicted octanol–water partition coefficient (Wildman–Crippen LogP) is 4.86. The first-order valence-corrected chi connectivity index (χ1v) is 10.5. The maximum atomic E-state index is 12.1. The molecule has 1 fully saturated rings. The van der Waals surface area contributed by atoms with E-state index in [1.165, 1.54) is 42.3 Å². The molecule has 132 valence electrons. The minimum absolute atomic E-state index is 0.0380. The summed E-state index contributed by atoms with van der Waals surface area (Å²) in [6.45, 7) is 3.87. The molecule has 1 heterocycles. The Morgan fingerprint density at radius 2 is 1.76 bits per heavy atom. The lowest BCUT2D eigenvalue weighted by Crippen LogP contribution is -2.14. The number of anilines is 1. The number of rotatable bonds is 6. The predicted molar refractivity (Wildman–Crippen MR) is 105 cm³/mol. The van der Waals surface area contributed by atoms with Crippen LogP contribution in [0.1, 0.15) is 37.1 Å². The molecule has 1 amide bonds. The number of carbonyl (C=O) groups is 1. The molecule has 1 aliphatic rings. The average molecular weight is 374 g/mol. The summed E-state index contributed by atoms with van der Waals surface area (Å²) in [5.74, 6) is 0.269. The Labute approximate surface area is 157 Å². The highest BCUT2D eigenvalue weighted by Gasteiger charge is 2.16. The van der Waals surface area contributed by atoms with Crippen molar-refractivity contribution in [1.82, 2.24) is 9.97 Å². The van der Waals surface area contributed by atoms with E-state index >= 15 is 0 Å². The quantitative estimate of drug-likeness (QED) is 0.579. The van der Waals surface area contributed by atoms with Crippen LogP contribution in [0.15, 0.2) is 40.4 Å². The van der Waals surface area contributed by atoms with Crippen molar-refractivity contribution in [3.8, 4) is 0 Å². The van der Waals surface area contributed by atoms with Gasteiger partial charge in [-0.1, -0.05) is 24.6 Å². The zero-order chi connectivity index (χ0) is 17.6. The second-order valence-electron chi connectivity index (χ2n) is 6.32. The van der Waals surface area contributed by atoms with E-state index in [9.17, 15) is 4.79 Å². The smallest absolute Gasteiger partial charge is 0.234 e. The van der Waals surface area contributed by atoms with Gasteiger partial charge in [-0.3, -0.25) is 4.79 Å². The van der Waals surface area contributed by atoms with Crippen molar-refractivity contribution < 1.29 is 4.79 Å². The third kappa shape index (κ3) is 5.75. The average Bonchev–Trinajstić information content (AvgIpc) is 3.07. The number of aryl methyl sites for hydroxylation is 2. The number of benzene rings is 1. The lowest BCUT2D eigenvalue weighted by Gasteiger charge is -2.10. The van der Waals surface area contributed by atoms with Crippen molar-refractivity contribution in [2.24, 2.45) is 0 Å². The molecule has 0 aliphatic heterocycles. The summed E-state index contributed by atoms with van der Waals surface area (Å²) in [5.41, 5.74) is 2.68. The van der Waals surface area contributed by atoms with Crippen LogP contribution in [0.2, 0.25) is 0 Å². The lowest BCUT2D eigenvalue weighted by atomic mass is 10.3. The van der Waals surface area contributed by atoms with Crippen LogP contribution < -0.4 is 5.32 Å². The third-order valence-corrected chi connectivity index (χ3v) is 6.23. The third-order valence-electron chi connectivity index (χ3n) is 4.04. The van der Waals surface area contributed by atoms with E-state index in [1.54, 1.807) is 0 Å². The van der Waals surface area contributed by atoms with Crippen molar-refractivity contribution in [1.29, 1.82) is 0 Å². The van der Waals surface area contributed by atoms with Crippen LogP contribution in [-0.2, 0) is 4.79 Å². The lowest BCUT2D eigenvalue weighted by molar-refractivity contribution is -0.113. The van der Waals surface area contributed by atoms with Gasteiger partial charge in [0, 0.05) is 27.2 Å². The van der Waals surface area contributed by atoms with Crippen LogP contribution in [0.25, 0.3) is 0 Å². The maximum Gasteiger partial charge on any atom is 0.234 e. The highest BCUT2D eigenvalue weighted by Crippen LogP contribution is 2.34. The summed E-state index contributed by atoms with van der Waals surface area (Å²) in [4.78, 5) is 22.1. The molecule has 1 saturated carbocycles. The van der Waals surface area contributed by atoms with Crippen LogP contribution >= 0.6 is 23.5 Å². The Bertz CT molecular complexity index is 708. The highest BCUT2D eigenvalue weighted by molar-refractivity contribution is 8.00. The van der Waals surface area contributed by atoms with Gasteiger partial charge in [-0.05, 0) is 57.0 Å². The van der Waals surface area contributed by atoms with Crippen molar-refractivity contribution in [2.75, 3.05) is 11.1 Å². The highest BCUT2D eigenvalue weighted by atomic mass is 32.2. The molecule has 0 radical (unpaired) electrons. The molecule has 0 spiro atoms. The summed E-state index contributed by atoms with van der Waals surface area (Å²) in [5, 5.41) is 4.35. The van der Waals surface area contributed by atoms with E-state index < -0.39 is 0 Å². The second-order valence-corrected chi connectivity index (χ2v) is 8.64. The maximum absolute atomic E-state index is 12.1. The van der Waals surface area contributed by atoms with Gasteiger partial charge in [0.1, 0.15) is 0 Å². The number of hydrogen-bond acceptors (Lipinski definition) is 5. The van der Waals surface area contributed by atoms with Gasteiger partial charge < -0.3 is 5.32 Å². The Morgan fingerprint density at radius 1 is 1.12 bits per heavy atom. The molecule has 1 aromatic heterocycles. The molecular weight excluding hydrogens is 350 g/mol. The number of amides is 1. The minimum Gasteiger partial charge on any atom is -0.325 e. The largest absolute Gasteiger partial charge is 0.325 e. The standard InChI is InChI=1S/C19H23N3OS2/c1-13-11-14(2)21-19(20-13)24-12-18(23)22-15-7-9-17(10-8-15)25-16-5-3-4-6-16/h7-11,16H,3-6,12H2,1-2H3,(H,22,23). The normalized spacial score (nSPS) is 14.6. The summed E-state index contributed by atoms with van der Waals surface area (Å²) >= 11 is 3.32. The molecule has 0 bridgehead atoms. The van der Waals surface area contributed by atoms with E-state index in [4.69, 9.17) is 0 Å². The monoisotopic (exact) mass is 373 g/mol. The summed E-state index contributed by atoms with van der Waals surface area (Å²) in [6.07, 6.45) is 5.35. The molecular formula is C19H23N3OS2. The molecule has 0 atom stereocenters. The molecule has 1 N–H and O–H groups in total. The van der Waals surface area contributed by atoms with Crippen molar-refractivity contribution in [3.05, 3.63) is 41.7 Å². The van der Waals surface area contributed by atoms with Crippen LogP contribution in [0.3, 0.4) is 0 Å². The molecule has 6 heteroatoms. The Hall–Kier alpha value is -1.53. The Kier molecular flexibility index (Phi) is 6.37. The van der Waals surface area contributed by atoms with Gasteiger partial charge in [-0.2, -0.15) is 0 Å². The molecule has 0 unspecified atom stereocenters. The first-order chi connectivity index (χ1) is 12.1. The van der Waals surface area contributed by atoms with E-state index in [0.717, 1.165) is 22.3 Å². The molecule has 3 rings (SSSR count). The van der Waals surface area contributed by atoms with Crippen molar-refractivity contribution in [2.45, 2.75) is 54.8 Å². The van der Waals surface area contributed by atoms with E-state index in [1.807, 2.05) is 43.8 Å². The Balaban J connectivity index is 1.48. The number of hydrogen-bond donors (Lipinski definition) is 1. The first-order valence-electron chi connectivity index (χ1n) is 8.60. The molecule has 25 heavy (non-hydrogen) atoms. The fraction of sp³-hybridized carbons (Fsp3) is 0.421. The van der Waals surface area contributed by atoms with Gasteiger partial charge in [-0.25, -0.2) is 9.97 Å². The van der Waals surface area contributed by atoms with E-state index in [2.05, 4.69) is 27.4 Å².